The number of esters is 1. The largest absolute Gasteiger partial charge is 0.464 e. The van der Waals surface area contributed by atoms with Crippen LogP contribution in [0.4, 0.5) is 17.6 Å². The Hall–Kier alpha value is -1.96. The van der Waals surface area contributed by atoms with E-state index < -0.39 is 23.5 Å². The maximum atomic E-state index is 13.4. The lowest BCUT2D eigenvalue weighted by Crippen LogP contribution is -2.06. The van der Waals surface area contributed by atoms with E-state index in [1.54, 1.807) is 6.92 Å². The van der Waals surface area contributed by atoms with E-state index in [0.29, 0.717) is 10.9 Å². The topological polar surface area (TPSA) is 39.2 Å². The van der Waals surface area contributed by atoms with Gasteiger partial charge in [0.2, 0.25) is 0 Å². The summed E-state index contributed by atoms with van der Waals surface area (Å²) in [5.41, 5.74) is -1.13. The number of carbonyl (C=O) groups excluding carboxylic acids is 1. The second-order valence-corrected chi connectivity index (χ2v) is 5.34. The molecule has 0 aliphatic heterocycles. The Morgan fingerprint density at radius 2 is 1.95 bits per heavy atom. The molecule has 0 saturated heterocycles. The highest BCUT2D eigenvalue weighted by Gasteiger charge is 2.32. The Balaban J connectivity index is 2.52. The van der Waals surface area contributed by atoms with Crippen molar-refractivity contribution in [3.8, 4) is 10.6 Å². The Bertz CT molecular complexity index is 694. The Kier molecular flexibility index (Phi) is 3.99. The number of benzene rings is 1. The number of hydrogen-bond acceptors (Lipinski definition) is 4. The Morgan fingerprint density at radius 3 is 2.52 bits per heavy atom. The van der Waals surface area contributed by atoms with E-state index in [0.717, 1.165) is 23.5 Å². The molecule has 21 heavy (non-hydrogen) atoms. The summed E-state index contributed by atoms with van der Waals surface area (Å²) < 4.78 is 55.9. The molecule has 2 aromatic rings. The first-order chi connectivity index (χ1) is 9.72. The van der Waals surface area contributed by atoms with Crippen LogP contribution in [-0.4, -0.2) is 18.1 Å². The standard InChI is InChI=1S/C13H9F4NO2S/c1-6-10(12(19)20-2)18-11(21-6)7-3-8(13(15,16)17)5-9(14)4-7/h3-5H,1-2H3. The van der Waals surface area contributed by atoms with E-state index in [2.05, 4.69) is 9.72 Å². The third-order valence-corrected chi connectivity index (χ3v) is 3.67. The van der Waals surface area contributed by atoms with Gasteiger partial charge in [0.25, 0.3) is 0 Å². The third-order valence-electron chi connectivity index (χ3n) is 2.65. The van der Waals surface area contributed by atoms with Crippen LogP contribution in [0.5, 0.6) is 0 Å². The number of halogens is 4. The van der Waals surface area contributed by atoms with Gasteiger partial charge < -0.3 is 4.74 Å². The number of aromatic nitrogens is 1. The van der Waals surface area contributed by atoms with Gasteiger partial charge in [-0.05, 0) is 25.1 Å². The molecule has 0 amide bonds. The first-order valence-corrected chi connectivity index (χ1v) is 6.48. The molecule has 8 heteroatoms. The molecule has 0 bridgehead atoms. The van der Waals surface area contributed by atoms with Crippen LogP contribution in [0, 0.1) is 12.7 Å². The summed E-state index contributed by atoms with van der Waals surface area (Å²) >= 11 is 0.993. The van der Waals surface area contributed by atoms with Gasteiger partial charge in [-0.25, -0.2) is 14.2 Å². The smallest absolute Gasteiger partial charge is 0.416 e. The molecule has 0 fully saturated rings. The number of ether oxygens (including phenoxy) is 1. The van der Waals surface area contributed by atoms with Crippen molar-refractivity contribution in [2.45, 2.75) is 13.1 Å². The lowest BCUT2D eigenvalue weighted by atomic mass is 10.1. The van der Waals surface area contributed by atoms with E-state index >= 15 is 0 Å². The number of thiazole rings is 1. The van der Waals surface area contributed by atoms with Crippen LogP contribution in [0.3, 0.4) is 0 Å². The monoisotopic (exact) mass is 319 g/mol. The van der Waals surface area contributed by atoms with Crippen molar-refractivity contribution in [1.29, 1.82) is 0 Å². The van der Waals surface area contributed by atoms with Gasteiger partial charge in [-0.15, -0.1) is 11.3 Å². The average molecular weight is 319 g/mol. The van der Waals surface area contributed by atoms with Gasteiger partial charge in [-0.3, -0.25) is 0 Å². The third kappa shape index (κ3) is 3.21. The molecule has 2 rings (SSSR count). The van der Waals surface area contributed by atoms with Crippen LogP contribution in [0.1, 0.15) is 20.9 Å². The summed E-state index contributed by atoms with van der Waals surface area (Å²) in [6, 6.07) is 2.14. The zero-order chi connectivity index (χ0) is 15.8. The van der Waals surface area contributed by atoms with Crippen molar-refractivity contribution in [3.05, 3.63) is 40.2 Å². The predicted molar refractivity (Wildman–Crippen MR) is 68.6 cm³/mol. The fourth-order valence-electron chi connectivity index (χ4n) is 1.68. The highest BCUT2D eigenvalue weighted by Crippen LogP contribution is 2.35. The zero-order valence-electron chi connectivity index (χ0n) is 10.9. The van der Waals surface area contributed by atoms with Crippen molar-refractivity contribution in [1.82, 2.24) is 4.98 Å². The van der Waals surface area contributed by atoms with Gasteiger partial charge >= 0.3 is 12.1 Å². The van der Waals surface area contributed by atoms with Gasteiger partial charge in [0, 0.05) is 10.4 Å². The van der Waals surface area contributed by atoms with Crippen molar-refractivity contribution >= 4 is 17.3 Å². The van der Waals surface area contributed by atoms with E-state index in [4.69, 9.17) is 0 Å². The summed E-state index contributed by atoms with van der Waals surface area (Å²) in [6.07, 6.45) is -4.66. The second-order valence-electron chi connectivity index (χ2n) is 4.14. The van der Waals surface area contributed by atoms with Crippen LogP contribution in [0.2, 0.25) is 0 Å². The molecule has 0 aliphatic carbocycles. The molecule has 0 radical (unpaired) electrons. The number of carbonyl (C=O) groups is 1. The van der Waals surface area contributed by atoms with Crippen molar-refractivity contribution in [2.75, 3.05) is 7.11 Å². The van der Waals surface area contributed by atoms with E-state index in [1.807, 2.05) is 0 Å². The van der Waals surface area contributed by atoms with E-state index in [-0.39, 0.29) is 16.3 Å². The normalized spacial score (nSPS) is 11.5. The minimum atomic E-state index is -4.66. The summed E-state index contributed by atoms with van der Waals surface area (Å²) in [5, 5.41) is 0.123. The SMILES string of the molecule is COC(=O)c1nc(-c2cc(F)cc(C(F)(F)F)c2)sc1C. The number of methoxy groups -OCH3 is 1. The summed E-state index contributed by atoms with van der Waals surface area (Å²) in [5.74, 6) is -1.71. The zero-order valence-corrected chi connectivity index (χ0v) is 11.7. The van der Waals surface area contributed by atoms with Crippen LogP contribution >= 0.6 is 11.3 Å². The predicted octanol–water partition coefficient (Wildman–Crippen LogP) is 4.06. The molecular weight excluding hydrogens is 310 g/mol. The number of alkyl halides is 3. The van der Waals surface area contributed by atoms with Crippen LogP contribution in [0.25, 0.3) is 10.6 Å². The van der Waals surface area contributed by atoms with Gasteiger partial charge in [0.1, 0.15) is 10.8 Å². The molecular formula is C13H9F4NO2S. The van der Waals surface area contributed by atoms with Crippen LogP contribution < -0.4 is 0 Å². The lowest BCUT2D eigenvalue weighted by Gasteiger charge is -2.08. The maximum absolute atomic E-state index is 13.4. The molecule has 3 nitrogen and oxygen atoms in total. The van der Waals surface area contributed by atoms with E-state index in [9.17, 15) is 22.4 Å². The first kappa shape index (κ1) is 15.4. The highest BCUT2D eigenvalue weighted by atomic mass is 32.1. The molecule has 0 unspecified atom stereocenters. The van der Waals surface area contributed by atoms with E-state index in [1.165, 1.54) is 7.11 Å². The van der Waals surface area contributed by atoms with Gasteiger partial charge in [-0.1, -0.05) is 0 Å². The van der Waals surface area contributed by atoms with Gasteiger partial charge in [-0.2, -0.15) is 13.2 Å². The highest BCUT2D eigenvalue weighted by molar-refractivity contribution is 7.15. The average Bonchev–Trinajstić information content (AvgIpc) is 2.78. The molecule has 0 saturated carbocycles. The Labute approximate surface area is 121 Å². The molecule has 0 N–H and O–H groups in total. The molecule has 1 heterocycles. The number of hydrogen-bond donors (Lipinski definition) is 0. The fourth-order valence-corrected chi connectivity index (χ4v) is 2.57. The maximum Gasteiger partial charge on any atom is 0.416 e. The summed E-state index contributed by atoms with van der Waals surface area (Å²) in [7, 11) is 1.17. The van der Waals surface area contributed by atoms with Gasteiger partial charge in [0.05, 0.1) is 12.7 Å². The van der Waals surface area contributed by atoms with Crippen molar-refractivity contribution < 1.29 is 27.1 Å². The van der Waals surface area contributed by atoms with Crippen LogP contribution in [0.15, 0.2) is 18.2 Å². The lowest BCUT2D eigenvalue weighted by molar-refractivity contribution is -0.137. The second kappa shape index (κ2) is 5.44. The molecule has 112 valence electrons. The van der Waals surface area contributed by atoms with Crippen molar-refractivity contribution in [3.63, 3.8) is 0 Å². The van der Waals surface area contributed by atoms with Crippen molar-refractivity contribution in [2.24, 2.45) is 0 Å². The molecule has 1 aromatic carbocycles. The first-order valence-electron chi connectivity index (χ1n) is 5.66. The summed E-state index contributed by atoms with van der Waals surface area (Å²) in [4.78, 5) is 15.8. The molecule has 0 aliphatic rings. The Morgan fingerprint density at radius 1 is 1.29 bits per heavy atom. The number of rotatable bonds is 2. The minimum Gasteiger partial charge on any atom is -0.464 e. The minimum absolute atomic E-state index is 0.00956. The van der Waals surface area contributed by atoms with Crippen LogP contribution in [-0.2, 0) is 10.9 Å². The molecule has 0 spiro atoms. The number of aryl methyl sites for hydroxylation is 1. The molecule has 1 aromatic heterocycles. The number of nitrogens with zero attached hydrogens (tertiary/aromatic N) is 1. The summed E-state index contributed by atoms with van der Waals surface area (Å²) in [6.45, 7) is 1.58. The van der Waals surface area contributed by atoms with Gasteiger partial charge in [0.15, 0.2) is 5.69 Å². The fraction of sp³-hybridized carbons (Fsp3) is 0.231. The molecule has 0 atom stereocenters. The quantitative estimate of drug-likeness (QED) is 0.619.